The van der Waals surface area contributed by atoms with Crippen molar-refractivity contribution >= 4 is 6.21 Å². The second-order valence-corrected chi connectivity index (χ2v) is 6.92. The van der Waals surface area contributed by atoms with Crippen LogP contribution in [-0.2, 0) is 20.8 Å². The molecule has 0 aromatic carbocycles. The quantitative estimate of drug-likeness (QED) is 0.211. The molecule has 0 aliphatic carbocycles. The summed E-state index contributed by atoms with van der Waals surface area (Å²) in [6, 6.07) is 2.17. The Morgan fingerprint density at radius 1 is 0.893 bits per heavy atom. The van der Waals surface area contributed by atoms with E-state index in [0.29, 0.717) is 46.2 Å². The van der Waals surface area contributed by atoms with Gasteiger partial charge in [0.1, 0.15) is 6.61 Å². The molecule has 5 nitrogen and oxygen atoms in total. The number of hydrogen-bond donors (Lipinski definition) is 0. The SMILES string of the molecule is C\C=C(C)/C=C(C)\C=N\CCOCCOCCOCC[n+]1cc(C)cc(C)c1. The van der Waals surface area contributed by atoms with Crippen molar-refractivity contribution in [2.45, 2.75) is 41.2 Å². The van der Waals surface area contributed by atoms with E-state index in [1.165, 1.54) is 16.7 Å². The first-order valence-electron chi connectivity index (χ1n) is 10.0. The number of aliphatic imine (C=N–C) groups is 1. The number of aryl methyl sites for hydroxylation is 2. The second-order valence-electron chi connectivity index (χ2n) is 6.92. The van der Waals surface area contributed by atoms with E-state index in [1.54, 1.807) is 0 Å². The van der Waals surface area contributed by atoms with Gasteiger partial charge in [0.15, 0.2) is 18.9 Å². The molecule has 1 aromatic heterocycles. The third kappa shape index (κ3) is 12.5. The van der Waals surface area contributed by atoms with Crippen molar-refractivity contribution in [3.8, 4) is 0 Å². The Morgan fingerprint density at radius 3 is 2.07 bits per heavy atom. The monoisotopic (exact) mass is 389 g/mol. The van der Waals surface area contributed by atoms with Crippen LogP contribution >= 0.6 is 0 Å². The van der Waals surface area contributed by atoms with E-state index in [4.69, 9.17) is 14.2 Å². The van der Waals surface area contributed by atoms with Crippen LogP contribution in [0.5, 0.6) is 0 Å². The largest absolute Gasteiger partial charge is 0.377 e. The molecule has 0 bridgehead atoms. The molecule has 0 aliphatic rings. The van der Waals surface area contributed by atoms with Gasteiger partial charge in [-0.1, -0.05) is 17.7 Å². The lowest BCUT2D eigenvalue weighted by molar-refractivity contribution is -0.699. The smallest absolute Gasteiger partial charge is 0.171 e. The molecule has 0 spiro atoms. The third-order valence-corrected chi connectivity index (χ3v) is 4.00. The normalized spacial score (nSPS) is 12.9. The Labute approximate surface area is 170 Å². The maximum atomic E-state index is 5.62. The maximum Gasteiger partial charge on any atom is 0.171 e. The molecule has 1 rings (SSSR count). The molecule has 5 heteroatoms. The average Bonchev–Trinajstić information content (AvgIpc) is 2.64. The summed E-state index contributed by atoms with van der Waals surface area (Å²) in [6.45, 7) is 15.6. The van der Waals surface area contributed by atoms with Gasteiger partial charge in [-0.3, -0.25) is 4.99 Å². The summed E-state index contributed by atoms with van der Waals surface area (Å²) in [7, 11) is 0. The van der Waals surface area contributed by atoms with Crippen LogP contribution in [0.3, 0.4) is 0 Å². The number of ether oxygens (including phenoxy) is 3. The summed E-state index contributed by atoms with van der Waals surface area (Å²) in [5, 5.41) is 0. The number of allylic oxidation sites excluding steroid dienone is 4. The minimum Gasteiger partial charge on any atom is -0.377 e. The maximum absolute atomic E-state index is 5.62. The highest BCUT2D eigenvalue weighted by molar-refractivity contribution is 5.78. The molecule has 0 saturated carbocycles. The summed E-state index contributed by atoms with van der Waals surface area (Å²) >= 11 is 0. The number of pyridine rings is 1. The van der Waals surface area contributed by atoms with Crippen LogP contribution in [0.2, 0.25) is 0 Å². The van der Waals surface area contributed by atoms with Crippen LogP contribution in [0, 0.1) is 13.8 Å². The van der Waals surface area contributed by atoms with E-state index in [2.05, 4.69) is 60.9 Å². The molecule has 0 unspecified atom stereocenters. The van der Waals surface area contributed by atoms with Crippen molar-refractivity contribution in [1.29, 1.82) is 0 Å². The zero-order chi connectivity index (χ0) is 20.6. The van der Waals surface area contributed by atoms with Crippen molar-refractivity contribution in [3.63, 3.8) is 0 Å². The van der Waals surface area contributed by atoms with Gasteiger partial charge < -0.3 is 14.2 Å². The van der Waals surface area contributed by atoms with Crippen LogP contribution in [0.15, 0.2) is 46.8 Å². The lowest BCUT2D eigenvalue weighted by Gasteiger charge is -2.06. The second kappa shape index (κ2) is 15.1. The summed E-state index contributed by atoms with van der Waals surface area (Å²) < 4.78 is 18.8. The Morgan fingerprint density at radius 2 is 1.46 bits per heavy atom. The number of rotatable bonds is 14. The first-order chi connectivity index (χ1) is 13.5. The zero-order valence-corrected chi connectivity index (χ0v) is 18.2. The number of aromatic nitrogens is 1. The molecule has 0 amide bonds. The predicted molar refractivity (Wildman–Crippen MR) is 115 cm³/mol. The fraction of sp³-hybridized carbons (Fsp3) is 0.565. The predicted octanol–water partition coefficient (Wildman–Crippen LogP) is 3.62. The highest BCUT2D eigenvalue weighted by atomic mass is 16.5. The first kappa shape index (κ1) is 24.2. The van der Waals surface area contributed by atoms with Crippen LogP contribution in [0.25, 0.3) is 0 Å². The van der Waals surface area contributed by atoms with Crippen molar-refractivity contribution in [2.75, 3.05) is 46.2 Å². The summed E-state index contributed by atoms with van der Waals surface area (Å²) in [5.41, 5.74) is 4.92. The fourth-order valence-electron chi connectivity index (χ4n) is 2.64. The highest BCUT2D eigenvalue weighted by Gasteiger charge is 2.02. The molecule has 1 aromatic rings. The van der Waals surface area contributed by atoms with Gasteiger partial charge in [-0.25, -0.2) is 4.57 Å². The summed E-state index contributed by atoms with van der Waals surface area (Å²) in [5.74, 6) is 0. The molecule has 1 heterocycles. The van der Waals surface area contributed by atoms with Gasteiger partial charge in [-0.2, -0.15) is 0 Å². The summed E-state index contributed by atoms with van der Waals surface area (Å²) in [4.78, 5) is 4.35. The molecular weight excluding hydrogens is 352 g/mol. The molecule has 0 atom stereocenters. The molecule has 28 heavy (non-hydrogen) atoms. The lowest BCUT2D eigenvalue weighted by atomic mass is 10.2. The average molecular weight is 390 g/mol. The van der Waals surface area contributed by atoms with Gasteiger partial charge in [-0.05, 0) is 46.3 Å². The standard InChI is InChI=1S/C23H37N2O3/c1-6-20(2)15-21(3)17-24-7-9-26-11-13-28-14-12-27-10-8-25-18-22(4)16-23(5)19-25/h6,15-19H,7-14H2,1-5H3/q+1/b20-6-,21-15-,24-17+. The Bertz CT molecular complexity index is 631. The van der Waals surface area contributed by atoms with Crippen LogP contribution < -0.4 is 4.57 Å². The molecule has 156 valence electrons. The number of nitrogens with zero attached hydrogens (tertiary/aromatic N) is 2. The third-order valence-electron chi connectivity index (χ3n) is 4.00. The molecule has 0 fully saturated rings. The highest BCUT2D eigenvalue weighted by Crippen LogP contribution is 1.99. The Kier molecular flexibility index (Phi) is 13.1. The molecule has 0 saturated heterocycles. The van der Waals surface area contributed by atoms with E-state index in [0.717, 1.165) is 12.1 Å². The van der Waals surface area contributed by atoms with Crippen LogP contribution in [0.1, 0.15) is 31.9 Å². The van der Waals surface area contributed by atoms with E-state index >= 15 is 0 Å². The van der Waals surface area contributed by atoms with Crippen molar-refractivity contribution < 1.29 is 18.8 Å². The lowest BCUT2D eigenvalue weighted by Crippen LogP contribution is -2.36. The molecular formula is C23H37N2O3+. The molecule has 0 radical (unpaired) electrons. The number of hydrogen-bond acceptors (Lipinski definition) is 4. The molecule has 0 N–H and O–H groups in total. The van der Waals surface area contributed by atoms with Crippen molar-refractivity contribution in [3.05, 3.63) is 52.9 Å². The van der Waals surface area contributed by atoms with Crippen LogP contribution in [0.4, 0.5) is 0 Å². The zero-order valence-electron chi connectivity index (χ0n) is 18.2. The minimum absolute atomic E-state index is 0.582. The van der Waals surface area contributed by atoms with Gasteiger partial charge in [-0.15, -0.1) is 0 Å². The fourth-order valence-corrected chi connectivity index (χ4v) is 2.64. The van der Waals surface area contributed by atoms with E-state index in [9.17, 15) is 0 Å². The topological polar surface area (TPSA) is 43.9 Å². The first-order valence-corrected chi connectivity index (χ1v) is 10.0. The van der Waals surface area contributed by atoms with E-state index < -0.39 is 0 Å². The van der Waals surface area contributed by atoms with Gasteiger partial charge in [0.2, 0.25) is 0 Å². The van der Waals surface area contributed by atoms with Gasteiger partial charge in [0.05, 0.1) is 39.6 Å². The van der Waals surface area contributed by atoms with E-state index in [1.807, 2.05) is 20.1 Å². The van der Waals surface area contributed by atoms with Crippen LogP contribution in [-0.4, -0.2) is 52.4 Å². The van der Waals surface area contributed by atoms with E-state index in [-0.39, 0.29) is 0 Å². The van der Waals surface area contributed by atoms with Gasteiger partial charge in [0.25, 0.3) is 0 Å². The van der Waals surface area contributed by atoms with Gasteiger partial charge >= 0.3 is 0 Å². The Balaban J connectivity index is 1.93. The Hall–Kier alpha value is -1.82. The minimum atomic E-state index is 0.582. The van der Waals surface area contributed by atoms with Crippen molar-refractivity contribution in [1.82, 2.24) is 0 Å². The summed E-state index contributed by atoms with van der Waals surface area (Å²) in [6.07, 6.45) is 10.3. The van der Waals surface area contributed by atoms with Gasteiger partial charge in [0, 0.05) is 17.3 Å². The molecule has 0 aliphatic heterocycles. The van der Waals surface area contributed by atoms with Crippen molar-refractivity contribution in [2.24, 2.45) is 4.99 Å².